The van der Waals surface area contributed by atoms with Crippen LogP contribution in [-0.4, -0.2) is 42.9 Å². The van der Waals surface area contributed by atoms with Crippen LogP contribution < -0.4 is 20.1 Å². The normalized spacial score (nSPS) is 14.4. The highest BCUT2D eigenvalue weighted by Gasteiger charge is 2.20. The first-order valence-electron chi connectivity index (χ1n) is 9.76. The van der Waals surface area contributed by atoms with Crippen molar-refractivity contribution in [3.05, 3.63) is 35.5 Å². The van der Waals surface area contributed by atoms with Crippen LogP contribution in [0, 0.1) is 6.92 Å². The van der Waals surface area contributed by atoms with Gasteiger partial charge in [-0.15, -0.1) is 24.0 Å². The first kappa shape index (κ1) is 23.2. The van der Waals surface area contributed by atoms with Crippen molar-refractivity contribution in [2.24, 2.45) is 4.99 Å². The maximum Gasteiger partial charge on any atom is 0.228 e. The molecule has 0 radical (unpaired) electrons. The first-order chi connectivity index (χ1) is 13.7. The van der Waals surface area contributed by atoms with Gasteiger partial charge in [0.25, 0.3) is 0 Å². The van der Waals surface area contributed by atoms with Crippen molar-refractivity contribution in [2.75, 3.05) is 20.7 Å². The Kier molecular flexibility index (Phi) is 9.49. The number of nitrogens with zero attached hydrogens (tertiary/aromatic N) is 3. The van der Waals surface area contributed by atoms with E-state index >= 15 is 0 Å². The largest absolute Gasteiger partial charge is 0.493 e. The van der Waals surface area contributed by atoms with E-state index < -0.39 is 0 Å². The van der Waals surface area contributed by atoms with Crippen LogP contribution in [0.15, 0.2) is 27.7 Å². The summed E-state index contributed by atoms with van der Waals surface area (Å²) in [6.07, 6.45) is 5.56. The second-order valence-electron chi connectivity index (χ2n) is 6.81. The van der Waals surface area contributed by atoms with Gasteiger partial charge < -0.3 is 24.6 Å². The molecule has 0 atom stereocenters. The van der Waals surface area contributed by atoms with E-state index in [1.54, 1.807) is 21.1 Å². The number of aromatic nitrogens is 2. The van der Waals surface area contributed by atoms with Gasteiger partial charge in [0.1, 0.15) is 0 Å². The molecule has 2 N–H and O–H groups in total. The van der Waals surface area contributed by atoms with Gasteiger partial charge >= 0.3 is 0 Å². The third-order valence-corrected chi connectivity index (χ3v) is 4.74. The maximum atomic E-state index is 6.28. The van der Waals surface area contributed by atoms with Crippen molar-refractivity contribution < 1.29 is 14.0 Å². The zero-order chi connectivity index (χ0) is 19.8. The third-order valence-electron chi connectivity index (χ3n) is 4.74. The van der Waals surface area contributed by atoms with E-state index in [4.69, 9.17) is 14.0 Å². The second-order valence-corrected chi connectivity index (χ2v) is 6.81. The lowest BCUT2D eigenvalue weighted by atomic mass is 10.1. The summed E-state index contributed by atoms with van der Waals surface area (Å²) in [6.45, 7) is 3.03. The summed E-state index contributed by atoms with van der Waals surface area (Å²) in [5, 5.41) is 10.4. The molecule has 29 heavy (non-hydrogen) atoms. The SMILES string of the molecule is CN=C(NCCc1nc(C)no1)NCc1cccc(OC)c1OC1CCCC1.I. The van der Waals surface area contributed by atoms with Crippen LogP contribution in [0.1, 0.15) is 43.0 Å². The van der Waals surface area contributed by atoms with Gasteiger partial charge in [-0.3, -0.25) is 4.99 Å². The van der Waals surface area contributed by atoms with Crippen molar-refractivity contribution >= 4 is 29.9 Å². The minimum absolute atomic E-state index is 0. The molecule has 3 rings (SSSR count). The number of benzene rings is 1. The van der Waals surface area contributed by atoms with Crippen molar-refractivity contribution in [3.63, 3.8) is 0 Å². The molecule has 0 amide bonds. The zero-order valence-electron chi connectivity index (χ0n) is 17.2. The Morgan fingerprint density at radius 1 is 1.28 bits per heavy atom. The highest BCUT2D eigenvalue weighted by atomic mass is 127. The van der Waals surface area contributed by atoms with Crippen molar-refractivity contribution in [3.8, 4) is 11.5 Å². The summed E-state index contributed by atoms with van der Waals surface area (Å²) in [7, 11) is 3.42. The van der Waals surface area contributed by atoms with Crippen LogP contribution in [0.2, 0.25) is 0 Å². The van der Waals surface area contributed by atoms with Crippen LogP contribution in [0.3, 0.4) is 0 Å². The Labute approximate surface area is 188 Å². The fraction of sp³-hybridized carbons (Fsp3) is 0.550. The van der Waals surface area contributed by atoms with Crippen molar-refractivity contribution in [2.45, 2.75) is 51.7 Å². The molecule has 2 aromatic rings. The summed E-state index contributed by atoms with van der Waals surface area (Å²) in [6, 6.07) is 5.97. The van der Waals surface area contributed by atoms with Gasteiger partial charge in [-0.05, 0) is 38.7 Å². The molecule has 0 aliphatic heterocycles. The second kappa shape index (κ2) is 11.8. The fourth-order valence-electron chi connectivity index (χ4n) is 3.30. The van der Waals surface area contributed by atoms with E-state index in [2.05, 4.69) is 25.8 Å². The average molecular weight is 515 g/mol. The highest BCUT2D eigenvalue weighted by molar-refractivity contribution is 14.0. The summed E-state index contributed by atoms with van der Waals surface area (Å²) in [5.41, 5.74) is 1.04. The van der Waals surface area contributed by atoms with Gasteiger partial charge in [-0.2, -0.15) is 4.98 Å². The van der Waals surface area contributed by atoms with Crippen LogP contribution >= 0.6 is 24.0 Å². The number of rotatable bonds is 8. The van der Waals surface area contributed by atoms with E-state index in [9.17, 15) is 0 Å². The topological polar surface area (TPSA) is 93.8 Å². The molecule has 0 spiro atoms. The summed E-state index contributed by atoms with van der Waals surface area (Å²) >= 11 is 0. The number of nitrogens with one attached hydrogen (secondary N) is 2. The molecule has 0 bridgehead atoms. The molecular weight excluding hydrogens is 485 g/mol. The van der Waals surface area contributed by atoms with E-state index in [-0.39, 0.29) is 30.1 Å². The summed E-state index contributed by atoms with van der Waals surface area (Å²) < 4.78 is 16.9. The smallest absolute Gasteiger partial charge is 0.228 e. The van der Waals surface area contributed by atoms with Gasteiger partial charge in [0, 0.05) is 32.1 Å². The predicted molar refractivity (Wildman–Crippen MR) is 122 cm³/mol. The number of methoxy groups -OCH3 is 1. The molecule has 0 unspecified atom stereocenters. The van der Waals surface area contributed by atoms with E-state index in [1.807, 2.05) is 18.2 Å². The zero-order valence-corrected chi connectivity index (χ0v) is 19.6. The van der Waals surface area contributed by atoms with Crippen LogP contribution in [0.5, 0.6) is 11.5 Å². The molecule has 1 fully saturated rings. The van der Waals surface area contributed by atoms with Crippen molar-refractivity contribution in [1.29, 1.82) is 0 Å². The molecule has 1 aliphatic carbocycles. The molecule has 1 aliphatic rings. The van der Waals surface area contributed by atoms with Gasteiger partial charge in [0.05, 0.1) is 13.2 Å². The van der Waals surface area contributed by atoms with Crippen LogP contribution in [0.4, 0.5) is 0 Å². The third kappa shape index (κ3) is 6.76. The lowest BCUT2D eigenvalue weighted by molar-refractivity contribution is 0.198. The molecule has 1 heterocycles. The van der Waals surface area contributed by atoms with Gasteiger partial charge in [-0.1, -0.05) is 17.3 Å². The predicted octanol–water partition coefficient (Wildman–Crippen LogP) is 3.23. The minimum Gasteiger partial charge on any atom is -0.493 e. The average Bonchev–Trinajstić information content (AvgIpc) is 3.37. The van der Waals surface area contributed by atoms with Gasteiger partial charge in [0.2, 0.25) is 5.89 Å². The number of halogens is 1. The van der Waals surface area contributed by atoms with Crippen molar-refractivity contribution in [1.82, 2.24) is 20.8 Å². The Morgan fingerprint density at radius 3 is 2.72 bits per heavy atom. The molecule has 160 valence electrons. The molecule has 1 aromatic heterocycles. The number of aryl methyl sites for hydroxylation is 1. The molecular formula is C20H30IN5O3. The standard InChI is InChI=1S/C20H29N5O3.HI/c1-14-24-18(28-25-14)11-12-22-20(21-2)23-13-15-7-6-10-17(26-3)19(15)27-16-8-4-5-9-16;/h6-7,10,16H,4-5,8-9,11-13H2,1-3H3,(H2,21,22,23);1H. The molecule has 1 saturated carbocycles. The van der Waals surface area contributed by atoms with Gasteiger partial charge in [-0.25, -0.2) is 0 Å². The van der Waals surface area contributed by atoms with E-state index in [0.29, 0.717) is 37.2 Å². The minimum atomic E-state index is 0. The fourth-order valence-corrected chi connectivity index (χ4v) is 3.30. The molecule has 8 nitrogen and oxygen atoms in total. The number of para-hydroxylation sites is 1. The summed E-state index contributed by atoms with van der Waals surface area (Å²) in [4.78, 5) is 8.47. The molecule has 1 aromatic carbocycles. The first-order valence-corrected chi connectivity index (χ1v) is 9.76. The number of aliphatic imine (C=N–C) groups is 1. The van der Waals surface area contributed by atoms with E-state index in [0.717, 1.165) is 29.9 Å². The lowest BCUT2D eigenvalue weighted by Crippen LogP contribution is -2.38. The molecule has 0 saturated heterocycles. The van der Waals surface area contributed by atoms with Gasteiger partial charge in [0.15, 0.2) is 23.3 Å². The highest BCUT2D eigenvalue weighted by Crippen LogP contribution is 2.34. The Hall–Kier alpha value is -2.04. The monoisotopic (exact) mass is 515 g/mol. The maximum absolute atomic E-state index is 6.28. The number of ether oxygens (including phenoxy) is 2. The quantitative estimate of drug-likeness (QED) is 0.317. The Morgan fingerprint density at radius 2 is 2.07 bits per heavy atom. The Bertz CT molecular complexity index is 790. The lowest BCUT2D eigenvalue weighted by Gasteiger charge is -2.20. The van der Waals surface area contributed by atoms with Crippen LogP contribution in [-0.2, 0) is 13.0 Å². The molecule has 9 heteroatoms. The van der Waals surface area contributed by atoms with Crippen LogP contribution in [0.25, 0.3) is 0 Å². The number of guanidine groups is 1. The number of hydrogen-bond donors (Lipinski definition) is 2. The Balaban J connectivity index is 0.00000300. The number of hydrogen-bond acceptors (Lipinski definition) is 6. The van der Waals surface area contributed by atoms with E-state index in [1.165, 1.54) is 12.8 Å². The summed E-state index contributed by atoms with van der Waals surface area (Å²) in [5.74, 6) is 3.54.